The molecule has 0 aromatic rings. The van der Waals surface area contributed by atoms with Crippen LogP contribution in [0.4, 0.5) is 0 Å². The molecule has 0 aromatic heterocycles. The summed E-state index contributed by atoms with van der Waals surface area (Å²) in [4.78, 5) is 10.9. The zero-order valence-corrected chi connectivity index (χ0v) is 14.2. The van der Waals surface area contributed by atoms with Crippen LogP contribution in [0.2, 0.25) is 0 Å². The highest BCUT2D eigenvalue weighted by Gasteiger charge is 1.98. The van der Waals surface area contributed by atoms with E-state index in [2.05, 4.69) is 29.5 Å². The van der Waals surface area contributed by atoms with E-state index in [4.69, 9.17) is 0 Å². The van der Waals surface area contributed by atoms with Crippen molar-refractivity contribution in [1.29, 1.82) is 0 Å². The van der Waals surface area contributed by atoms with Gasteiger partial charge in [0.2, 0.25) is 0 Å². The van der Waals surface area contributed by atoms with Crippen LogP contribution in [0.3, 0.4) is 0 Å². The Kier molecular flexibility index (Phi) is 16.2. The summed E-state index contributed by atoms with van der Waals surface area (Å²) in [5.41, 5.74) is 3.29. The molecule has 0 N–H and O–H groups in total. The number of carbonyl (C=O) groups is 1. The Labute approximate surface area is 131 Å². The van der Waals surface area contributed by atoms with E-state index in [1.807, 2.05) is 0 Å². The largest absolute Gasteiger partial charge is 0.469 e. The van der Waals surface area contributed by atoms with Gasteiger partial charge in [-0.05, 0) is 44.3 Å². The monoisotopic (exact) mass is 294 g/mol. The fraction of sp³-hybridized carbons (Fsp3) is 0.789. The highest BCUT2D eigenvalue weighted by Crippen LogP contribution is 2.10. The number of ether oxygens (including phenoxy) is 1. The molecule has 0 amide bonds. The summed E-state index contributed by atoms with van der Waals surface area (Å²) in [6.07, 6.45) is 19.7. The van der Waals surface area contributed by atoms with Crippen LogP contribution in [0.1, 0.15) is 90.4 Å². The summed E-state index contributed by atoms with van der Waals surface area (Å²) < 4.78 is 4.62. The first-order valence-corrected chi connectivity index (χ1v) is 8.77. The molecule has 0 aliphatic rings. The van der Waals surface area contributed by atoms with Gasteiger partial charge in [0, 0.05) is 6.42 Å². The Morgan fingerprint density at radius 1 is 0.857 bits per heavy atom. The third kappa shape index (κ3) is 16.9. The van der Waals surface area contributed by atoms with Gasteiger partial charge in [-0.2, -0.15) is 0 Å². The van der Waals surface area contributed by atoms with Crippen LogP contribution in [0.5, 0.6) is 0 Å². The highest BCUT2D eigenvalue weighted by molar-refractivity contribution is 5.68. The molecular weight excluding hydrogens is 260 g/mol. The van der Waals surface area contributed by atoms with Gasteiger partial charge in [-0.25, -0.2) is 0 Å². The number of carbonyl (C=O) groups excluding carboxylic acids is 1. The number of methoxy groups -OCH3 is 1. The minimum Gasteiger partial charge on any atom is -0.469 e. The van der Waals surface area contributed by atoms with E-state index in [9.17, 15) is 4.79 Å². The van der Waals surface area contributed by atoms with Crippen molar-refractivity contribution in [3.63, 3.8) is 0 Å². The van der Waals surface area contributed by atoms with Crippen molar-refractivity contribution in [3.8, 4) is 0 Å². The van der Waals surface area contributed by atoms with Gasteiger partial charge in [0.25, 0.3) is 0 Å². The molecule has 122 valence electrons. The minimum atomic E-state index is -0.0791. The third-order valence-electron chi connectivity index (χ3n) is 3.64. The number of allylic oxidation sites excluding steroid dienone is 1. The first-order chi connectivity index (χ1) is 10.3. The molecule has 0 aliphatic carbocycles. The van der Waals surface area contributed by atoms with E-state index in [-0.39, 0.29) is 5.97 Å². The summed E-state index contributed by atoms with van der Waals surface area (Å²) in [5.74, 6) is -0.0791. The number of unbranched alkanes of at least 4 members (excludes halogenated alkanes) is 10. The molecule has 0 spiro atoms. The lowest BCUT2D eigenvalue weighted by Gasteiger charge is -2.01. The molecule has 0 heterocycles. The second-order valence-electron chi connectivity index (χ2n) is 5.66. The molecule has 2 heteroatoms. The molecule has 0 unspecified atom stereocenters. The summed E-state index contributed by atoms with van der Waals surface area (Å²) >= 11 is 0. The molecule has 0 aromatic carbocycles. The van der Waals surface area contributed by atoms with Crippen molar-refractivity contribution in [1.82, 2.24) is 0 Å². The maximum Gasteiger partial charge on any atom is 0.305 e. The molecule has 2 nitrogen and oxygen atoms in total. The smallest absolute Gasteiger partial charge is 0.305 e. The number of esters is 1. The lowest BCUT2D eigenvalue weighted by Crippen LogP contribution is -1.99. The van der Waals surface area contributed by atoms with Crippen molar-refractivity contribution in [3.05, 3.63) is 17.9 Å². The Bertz CT molecular complexity index is 288. The normalized spacial score (nSPS) is 10.0. The Balaban J connectivity index is 3.18. The number of rotatable bonds is 14. The van der Waals surface area contributed by atoms with Gasteiger partial charge in [0.1, 0.15) is 0 Å². The summed E-state index contributed by atoms with van der Waals surface area (Å²) in [5, 5.41) is 0. The third-order valence-corrected chi connectivity index (χ3v) is 3.64. The quantitative estimate of drug-likeness (QED) is 0.224. The van der Waals surface area contributed by atoms with Crippen molar-refractivity contribution >= 4 is 5.97 Å². The predicted octanol–water partition coefficient (Wildman–Crippen LogP) is 5.96. The van der Waals surface area contributed by atoms with E-state index in [0.717, 1.165) is 19.3 Å². The molecule has 0 bridgehead atoms. The van der Waals surface area contributed by atoms with Crippen LogP contribution >= 0.6 is 0 Å². The maximum atomic E-state index is 10.9. The zero-order valence-electron chi connectivity index (χ0n) is 14.2. The molecule has 0 rings (SSSR count). The predicted molar refractivity (Wildman–Crippen MR) is 90.4 cm³/mol. The van der Waals surface area contributed by atoms with Gasteiger partial charge in [-0.15, -0.1) is 5.73 Å². The van der Waals surface area contributed by atoms with E-state index >= 15 is 0 Å². The van der Waals surface area contributed by atoms with Gasteiger partial charge in [0.05, 0.1) is 7.11 Å². The van der Waals surface area contributed by atoms with Crippen molar-refractivity contribution in [2.45, 2.75) is 90.4 Å². The fourth-order valence-corrected chi connectivity index (χ4v) is 2.25. The van der Waals surface area contributed by atoms with E-state index in [1.54, 1.807) is 0 Å². The summed E-state index contributed by atoms with van der Waals surface area (Å²) in [6, 6.07) is 0. The molecular formula is C19H34O2. The average molecular weight is 294 g/mol. The Morgan fingerprint density at radius 2 is 1.38 bits per heavy atom. The topological polar surface area (TPSA) is 26.3 Å². The lowest BCUT2D eigenvalue weighted by molar-refractivity contribution is -0.140. The fourth-order valence-electron chi connectivity index (χ4n) is 2.25. The molecule has 0 saturated carbocycles. The van der Waals surface area contributed by atoms with E-state index < -0.39 is 0 Å². The molecule has 0 saturated heterocycles. The first-order valence-electron chi connectivity index (χ1n) is 8.77. The van der Waals surface area contributed by atoms with Crippen LogP contribution in [-0.4, -0.2) is 13.1 Å². The van der Waals surface area contributed by atoms with Crippen LogP contribution in [-0.2, 0) is 9.53 Å². The Hall–Kier alpha value is -1.01. The standard InChI is InChI=1S/C19H34O2/c1-3-4-5-6-7-8-9-10-11-12-13-14-15-16-17-18-19(20)21-2/h7,9H,3-6,10-18H2,1-2H3. The maximum absolute atomic E-state index is 10.9. The molecule has 0 atom stereocenters. The van der Waals surface area contributed by atoms with E-state index in [0.29, 0.717) is 6.42 Å². The van der Waals surface area contributed by atoms with Gasteiger partial charge < -0.3 is 4.74 Å². The van der Waals surface area contributed by atoms with Crippen LogP contribution in [0, 0.1) is 0 Å². The first kappa shape index (κ1) is 20.0. The SMILES string of the molecule is CCCCCC=C=CCCCCCCCCCC(=O)OC. The second-order valence-corrected chi connectivity index (χ2v) is 5.66. The number of hydrogen-bond acceptors (Lipinski definition) is 2. The minimum absolute atomic E-state index is 0.0791. The van der Waals surface area contributed by atoms with Crippen LogP contribution in [0.15, 0.2) is 17.9 Å². The van der Waals surface area contributed by atoms with Gasteiger partial charge in [-0.3, -0.25) is 4.79 Å². The van der Waals surface area contributed by atoms with Crippen molar-refractivity contribution in [2.75, 3.05) is 7.11 Å². The van der Waals surface area contributed by atoms with Gasteiger partial charge in [0.15, 0.2) is 0 Å². The molecule has 21 heavy (non-hydrogen) atoms. The average Bonchev–Trinajstić information content (AvgIpc) is 2.50. The second kappa shape index (κ2) is 17.0. The van der Waals surface area contributed by atoms with Crippen LogP contribution in [0.25, 0.3) is 0 Å². The van der Waals surface area contributed by atoms with Crippen molar-refractivity contribution < 1.29 is 9.53 Å². The van der Waals surface area contributed by atoms with E-state index in [1.165, 1.54) is 64.9 Å². The highest BCUT2D eigenvalue weighted by atomic mass is 16.5. The van der Waals surface area contributed by atoms with Crippen molar-refractivity contribution in [2.24, 2.45) is 0 Å². The summed E-state index contributed by atoms with van der Waals surface area (Å²) in [6.45, 7) is 2.23. The summed E-state index contributed by atoms with van der Waals surface area (Å²) in [7, 11) is 1.46. The Morgan fingerprint density at radius 3 is 1.95 bits per heavy atom. The molecule has 0 radical (unpaired) electrons. The van der Waals surface area contributed by atoms with Gasteiger partial charge in [-0.1, -0.05) is 51.9 Å². The van der Waals surface area contributed by atoms with Crippen LogP contribution < -0.4 is 0 Å². The molecule has 0 fully saturated rings. The number of hydrogen-bond donors (Lipinski definition) is 0. The lowest BCUT2D eigenvalue weighted by atomic mass is 10.1. The molecule has 0 aliphatic heterocycles. The van der Waals surface area contributed by atoms with Gasteiger partial charge >= 0.3 is 5.97 Å². The zero-order chi connectivity index (χ0) is 15.6.